The van der Waals surface area contributed by atoms with Crippen molar-refractivity contribution in [2.24, 2.45) is 0 Å². The molecule has 0 radical (unpaired) electrons. The number of para-hydroxylation sites is 1. The van der Waals surface area contributed by atoms with Crippen molar-refractivity contribution in [1.29, 1.82) is 0 Å². The molecule has 7 heteroatoms. The summed E-state index contributed by atoms with van der Waals surface area (Å²) in [6.07, 6.45) is -3.92. The second-order valence-electron chi connectivity index (χ2n) is 4.36. The molecule has 0 saturated carbocycles. The SMILES string of the molecule is CCNc1c(C(=O)NCCCOC)cccc1C(F)(F)F. The summed E-state index contributed by atoms with van der Waals surface area (Å²) in [6, 6.07) is 3.56. The number of hydrogen-bond donors (Lipinski definition) is 2. The second kappa shape index (κ2) is 7.87. The van der Waals surface area contributed by atoms with Crippen LogP contribution < -0.4 is 10.6 Å². The molecular formula is C14H19F3N2O2. The highest BCUT2D eigenvalue weighted by Crippen LogP contribution is 2.36. The molecule has 0 spiro atoms. The number of methoxy groups -OCH3 is 1. The van der Waals surface area contributed by atoms with Gasteiger partial charge in [0, 0.05) is 26.8 Å². The third-order valence-electron chi connectivity index (χ3n) is 2.78. The van der Waals surface area contributed by atoms with Crippen LogP contribution in [0, 0.1) is 0 Å². The average Bonchev–Trinajstić information content (AvgIpc) is 2.42. The van der Waals surface area contributed by atoms with Crippen molar-refractivity contribution in [1.82, 2.24) is 5.32 Å². The van der Waals surface area contributed by atoms with E-state index in [1.165, 1.54) is 19.2 Å². The van der Waals surface area contributed by atoms with E-state index >= 15 is 0 Å². The van der Waals surface area contributed by atoms with E-state index in [9.17, 15) is 18.0 Å². The number of carbonyl (C=O) groups is 1. The molecule has 0 atom stereocenters. The maximum Gasteiger partial charge on any atom is 0.418 e. The van der Waals surface area contributed by atoms with Crippen LogP contribution in [-0.2, 0) is 10.9 Å². The van der Waals surface area contributed by atoms with Crippen LogP contribution in [0.1, 0.15) is 29.3 Å². The van der Waals surface area contributed by atoms with Crippen molar-refractivity contribution in [3.05, 3.63) is 29.3 Å². The van der Waals surface area contributed by atoms with Gasteiger partial charge in [0.05, 0.1) is 16.8 Å². The molecule has 1 amide bonds. The standard InChI is InChI=1S/C14H19F3N2O2/c1-3-18-12-10(13(20)19-8-5-9-21-2)6-4-7-11(12)14(15,16)17/h4,6-7,18H,3,5,8-9H2,1-2H3,(H,19,20). The summed E-state index contributed by atoms with van der Waals surface area (Å²) in [5.41, 5.74) is -1.03. The molecule has 0 aliphatic carbocycles. The van der Waals surface area contributed by atoms with E-state index in [0.29, 0.717) is 19.6 Å². The minimum atomic E-state index is -4.51. The zero-order chi connectivity index (χ0) is 15.9. The van der Waals surface area contributed by atoms with Crippen molar-refractivity contribution in [2.45, 2.75) is 19.5 Å². The second-order valence-corrected chi connectivity index (χ2v) is 4.36. The maximum absolute atomic E-state index is 13.0. The van der Waals surface area contributed by atoms with Crippen molar-refractivity contribution in [2.75, 3.05) is 32.1 Å². The number of hydrogen-bond acceptors (Lipinski definition) is 3. The molecule has 118 valence electrons. The Balaban J connectivity index is 2.97. The van der Waals surface area contributed by atoms with Crippen molar-refractivity contribution < 1.29 is 22.7 Å². The number of nitrogens with one attached hydrogen (secondary N) is 2. The molecule has 0 unspecified atom stereocenters. The third-order valence-corrected chi connectivity index (χ3v) is 2.78. The lowest BCUT2D eigenvalue weighted by Gasteiger charge is -2.17. The van der Waals surface area contributed by atoms with Gasteiger partial charge in [0.2, 0.25) is 0 Å². The molecule has 4 nitrogen and oxygen atoms in total. The van der Waals surface area contributed by atoms with Gasteiger partial charge in [-0.05, 0) is 25.5 Å². The first kappa shape index (κ1) is 17.3. The van der Waals surface area contributed by atoms with Crippen LogP contribution in [0.25, 0.3) is 0 Å². The molecule has 0 bridgehead atoms. The molecular weight excluding hydrogens is 285 g/mol. The minimum Gasteiger partial charge on any atom is -0.385 e. The molecule has 1 aromatic carbocycles. The van der Waals surface area contributed by atoms with Gasteiger partial charge < -0.3 is 15.4 Å². The third kappa shape index (κ3) is 4.93. The van der Waals surface area contributed by atoms with Gasteiger partial charge in [0.1, 0.15) is 0 Å². The first-order chi connectivity index (χ1) is 9.91. The largest absolute Gasteiger partial charge is 0.418 e. The normalized spacial score (nSPS) is 11.3. The fraction of sp³-hybridized carbons (Fsp3) is 0.500. The lowest BCUT2D eigenvalue weighted by Crippen LogP contribution is -2.27. The van der Waals surface area contributed by atoms with E-state index in [1.807, 2.05) is 0 Å². The van der Waals surface area contributed by atoms with Gasteiger partial charge >= 0.3 is 6.18 Å². The highest BCUT2D eigenvalue weighted by atomic mass is 19.4. The monoisotopic (exact) mass is 304 g/mol. The highest BCUT2D eigenvalue weighted by Gasteiger charge is 2.35. The number of anilines is 1. The number of halogens is 3. The predicted molar refractivity (Wildman–Crippen MR) is 74.4 cm³/mol. The van der Waals surface area contributed by atoms with Gasteiger partial charge in [-0.25, -0.2) is 0 Å². The van der Waals surface area contributed by atoms with Gasteiger partial charge in [-0.2, -0.15) is 13.2 Å². The summed E-state index contributed by atoms with van der Waals surface area (Å²) in [5.74, 6) is -0.534. The van der Waals surface area contributed by atoms with Crippen molar-refractivity contribution in [3.8, 4) is 0 Å². The van der Waals surface area contributed by atoms with Crippen LogP contribution >= 0.6 is 0 Å². The molecule has 1 rings (SSSR count). The summed E-state index contributed by atoms with van der Waals surface area (Å²) in [6.45, 7) is 2.78. The number of rotatable bonds is 7. The van der Waals surface area contributed by atoms with Gasteiger partial charge in [-0.15, -0.1) is 0 Å². The van der Waals surface area contributed by atoms with E-state index in [4.69, 9.17) is 4.74 Å². The average molecular weight is 304 g/mol. The summed E-state index contributed by atoms with van der Waals surface area (Å²) < 4.78 is 43.8. The van der Waals surface area contributed by atoms with E-state index in [2.05, 4.69) is 10.6 Å². The van der Waals surface area contributed by atoms with Crippen molar-refractivity contribution in [3.63, 3.8) is 0 Å². The summed E-state index contributed by atoms with van der Waals surface area (Å²) >= 11 is 0. The van der Waals surface area contributed by atoms with Crippen LogP contribution in [0.2, 0.25) is 0 Å². The Morgan fingerprint density at radius 1 is 1.33 bits per heavy atom. The Morgan fingerprint density at radius 2 is 2.05 bits per heavy atom. The van der Waals surface area contributed by atoms with Crippen LogP contribution in [0.4, 0.5) is 18.9 Å². The molecule has 0 fully saturated rings. The lowest BCUT2D eigenvalue weighted by atomic mass is 10.1. The van der Waals surface area contributed by atoms with Gasteiger partial charge in [0.15, 0.2) is 0 Å². The molecule has 1 aromatic rings. The molecule has 2 N–H and O–H groups in total. The van der Waals surface area contributed by atoms with Gasteiger partial charge in [-0.3, -0.25) is 4.79 Å². The Labute approximate surface area is 121 Å². The summed E-state index contributed by atoms with van der Waals surface area (Å²) in [7, 11) is 1.54. The number of amides is 1. The predicted octanol–water partition coefficient (Wildman–Crippen LogP) is 2.90. The van der Waals surface area contributed by atoms with Crippen LogP contribution in [-0.4, -0.2) is 32.7 Å². The van der Waals surface area contributed by atoms with Crippen LogP contribution in [0.3, 0.4) is 0 Å². The molecule has 21 heavy (non-hydrogen) atoms. The van der Waals surface area contributed by atoms with E-state index in [0.717, 1.165) is 6.07 Å². The maximum atomic E-state index is 13.0. The zero-order valence-corrected chi connectivity index (χ0v) is 12.0. The fourth-order valence-electron chi connectivity index (χ4n) is 1.86. The molecule has 0 saturated heterocycles. The van der Waals surface area contributed by atoms with Crippen molar-refractivity contribution >= 4 is 11.6 Å². The van der Waals surface area contributed by atoms with Crippen LogP contribution in [0.5, 0.6) is 0 Å². The molecule has 0 aliphatic heterocycles. The number of carbonyl (C=O) groups excluding carboxylic acids is 1. The van der Waals surface area contributed by atoms with Crippen LogP contribution in [0.15, 0.2) is 18.2 Å². The van der Waals surface area contributed by atoms with E-state index < -0.39 is 17.6 Å². The smallest absolute Gasteiger partial charge is 0.385 e. The topological polar surface area (TPSA) is 50.4 Å². The Bertz CT molecular complexity index is 476. The fourth-order valence-corrected chi connectivity index (χ4v) is 1.86. The minimum absolute atomic E-state index is 0.0101. The summed E-state index contributed by atoms with van der Waals surface area (Å²) in [5, 5.41) is 5.21. The Morgan fingerprint density at radius 3 is 2.62 bits per heavy atom. The zero-order valence-electron chi connectivity index (χ0n) is 12.0. The van der Waals surface area contributed by atoms with E-state index in [1.54, 1.807) is 6.92 Å². The molecule has 0 aromatic heterocycles. The quantitative estimate of drug-likeness (QED) is 0.762. The molecule has 0 heterocycles. The number of ether oxygens (including phenoxy) is 1. The Kier molecular flexibility index (Phi) is 6.48. The number of benzene rings is 1. The Hall–Kier alpha value is -1.76. The van der Waals surface area contributed by atoms with Gasteiger partial charge in [-0.1, -0.05) is 6.07 Å². The highest BCUT2D eigenvalue weighted by molar-refractivity contribution is 6.00. The van der Waals surface area contributed by atoms with Gasteiger partial charge in [0.25, 0.3) is 5.91 Å². The first-order valence-electron chi connectivity index (χ1n) is 6.63. The number of alkyl halides is 3. The summed E-state index contributed by atoms with van der Waals surface area (Å²) in [4.78, 5) is 12.0. The first-order valence-corrected chi connectivity index (χ1v) is 6.63. The molecule has 0 aliphatic rings. The van der Waals surface area contributed by atoms with E-state index in [-0.39, 0.29) is 17.8 Å². The lowest BCUT2D eigenvalue weighted by molar-refractivity contribution is -0.137.